The Morgan fingerprint density at radius 3 is 3.00 bits per heavy atom. The van der Waals surface area contributed by atoms with Crippen LogP contribution in [0.15, 0.2) is 12.3 Å². The first-order valence-electron chi connectivity index (χ1n) is 5.45. The Morgan fingerprint density at radius 2 is 2.36 bits per heavy atom. The Morgan fingerprint density at radius 1 is 1.50 bits per heavy atom. The van der Waals surface area contributed by atoms with Gasteiger partial charge in [-0.1, -0.05) is 0 Å². The Bertz CT molecular complexity index is 169. The van der Waals surface area contributed by atoms with Gasteiger partial charge in [0.1, 0.15) is 6.10 Å². The van der Waals surface area contributed by atoms with Crippen molar-refractivity contribution in [2.45, 2.75) is 25.4 Å². The van der Waals surface area contributed by atoms with Gasteiger partial charge in [-0.05, 0) is 52.5 Å². The number of ether oxygens (including phenoxy) is 1. The summed E-state index contributed by atoms with van der Waals surface area (Å²) in [5, 5.41) is 3.42. The molecular weight excluding hydrogens is 176 g/mol. The Hall–Kier alpha value is -0.540. The lowest BCUT2D eigenvalue weighted by Crippen LogP contribution is -2.30. The first-order valence-corrected chi connectivity index (χ1v) is 5.45. The number of allylic oxidation sites excluding steroid dienone is 1. The second kappa shape index (κ2) is 6.85. The second-order valence-electron chi connectivity index (χ2n) is 4.07. The number of rotatable bonds is 6. The fourth-order valence-electron chi connectivity index (χ4n) is 1.52. The number of nitrogens with zero attached hydrogens (tertiary/aromatic N) is 1. The van der Waals surface area contributed by atoms with Crippen LogP contribution in [-0.4, -0.2) is 44.7 Å². The summed E-state index contributed by atoms with van der Waals surface area (Å²) < 4.78 is 5.45. The van der Waals surface area contributed by atoms with Crippen molar-refractivity contribution in [3.63, 3.8) is 0 Å². The number of hydrogen-bond donors (Lipinski definition) is 1. The van der Waals surface area contributed by atoms with E-state index in [0.717, 1.165) is 32.5 Å². The minimum atomic E-state index is 0.388. The smallest absolute Gasteiger partial charge is 0.110 e. The lowest BCUT2D eigenvalue weighted by Gasteiger charge is -2.19. The van der Waals surface area contributed by atoms with Crippen molar-refractivity contribution >= 4 is 0 Å². The molecule has 0 radical (unpaired) electrons. The van der Waals surface area contributed by atoms with E-state index < -0.39 is 0 Å². The van der Waals surface area contributed by atoms with Gasteiger partial charge in [0, 0.05) is 6.54 Å². The van der Waals surface area contributed by atoms with Crippen molar-refractivity contribution in [3.8, 4) is 0 Å². The molecule has 3 nitrogen and oxygen atoms in total. The molecule has 0 bridgehead atoms. The van der Waals surface area contributed by atoms with Gasteiger partial charge in [-0.3, -0.25) is 0 Å². The quantitative estimate of drug-likeness (QED) is 0.649. The molecule has 0 fully saturated rings. The minimum absolute atomic E-state index is 0.388. The lowest BCUT2D eigenvalue weighted by atomic mass is 10.1. The van der Waals surface area contributed by atoms with Crippen molar-refractivity contribution in [2.24, 2.45) is 0 Å². The Kier molecular flexibility index (Phi) is 5.64. The van der Waals surface area contributed by atoms with Crippen LogP contribution in [0.25, 0.3) is 0 Å². The molecule has 0 aromatic rings. The van der Waals surface area contributed by atoms with Gasteiger partial charge in [0.2, 0.25) is 0 Å². The molecule has 0 saturated carbocycles. The Balaban J connectivity index is 1.90. The van der Waals surface area contributed by atoms with Crippen LogP contribution >= 0.6 is 0 Å². The average Bonchev–Trinajstić information content (AvgIpc) is 2.18. The first kappa shape index (κ1) is 11.5. The predicted molar refractivity (Wildman–Crippen MR) is 59.3 cm³/mol. The molecule has 3 heteroatoms. The highest BCUT2D eigenvalue weighted by molar-refractivity contribution is 4.82. The average molecular weight is 198 g/mol. The highest BCUT2D eigenvalue weighted by Crippen LogP contribution is 2.08. The normalized spacial score (nSPS) is 21.2. The summed E-state index contributed by atoms with van der Waals surface area (Å²) in [6.45, 7) is 3.22. The van der Waals surface area contributed by atoms with Gasteiger partial charge in [-0.2, -0.15) is 0 Å². The topological polar surface area (TPSA) is 24.5 Å². The van der Waals surface area contributed by atoms with E-state index in [1.807, 2.05) is 6.26 Å². The third-order valence-electron chi connectivity index (χ3n) is 2.35. The van der Waals surface area contributed by atoms with Crippen LogP contribution in [-0.2, 0) is 4.74 Å². The standard InChI is InChI=1S/C11H22N2O/c1-13(2)8-5-7-12-10-11-6-3-4-9-14-11/h4,9,11-12H,3,5-8,10H2,1-2H3. The molecular formula is C11H22N2O. The van der Waals surface area contributed by atoms with Gasteiger partial charge in [-0.15, -0.1) is 0 Å². The van der Waals surface area contributed by atoms with Crippen LogP contribution in [0.5, 0.6) is 0 Å². The summed E-state index contributed by atoms with van der Waals surface area (Å²) in [7, 11) is 4.21. The molecule has 14 heavy (non-hydrogen) atoms. The predicted octanol–water partition coefficient (Wildman–Crippen LogP) is 1.22. The van der Waals surface area contributed by atoms with E-state index in [4.69, 9.17) is 4.74 Å². The number of nitrogens with one attached hydrogen (secondary N) is 1. The summed E-state index contributed by atoms with van der Waals surface area (Å²) in [6.07, 6.45) is 7.81. The largest absolute Gasteiger partial charge is 0.497 e. The van der Waals surface area contributed by atoms with E-state index >= 15 is 0 Å². The van der Waals surface area contributed by atoms with Gasteiger partial charge >= 0.3 is 0 Å². The second-order valence-corrected chi connectivity index (χ2v) is 4.07. The molecule has 0 aromatic heterocycles. The molecule has 0 aromatic carbocycles. The van der Waals surface area contributed by atoms with Crippen molar-refractivity contribution in [2.75, 3.05) is 33.7 Å². The van der Waals surface area contributed by atoms with E-state index in [2.05, 4.69) is 30.4 Å². The van der Waals surface area contributed by atoms with Crippen molar-refractivity contribution in [1.29, 1.82) is 0 Å². The highest BCUT2D eigenvalue weighted by atomic mass is 16.5. The molecule has 0 spiro atoms. The van der Waals surface area contributed by atoms with Crippen LogP contribution in [0.1, 0.15) is 19.3 Å². The summed E-state index contributed by atoms with van der Waals surface area (Å²) >= 11 is 0. The summed E-state index contributed by atoms with van der Waals surface area (Å²) in [6, 6.07) is 0. The van der Waals surface area contributed by atoms with Gasteiger partial charge in [0.15, 0.2) is 0 Å². The zero-order chi connectivity index (χ0) is 10.2. The van der Waals surface area contributed by atoms with Gasteiger partial charge in [0.25, 0.3) is 0 Å². The zero-order valence-electron chi connectivity index (χ0n) is 9.33. The van der Waals surface area contributed by atoms with Crippen molar-refractivity contribution in [1.82, 2.24) is 10.2 Å². The maximum atomic E-state index is 5.45. The molecule has 1 rings (SSSR count). The minimum Gasteiger partial charge on any atom is -0.497 e. The van der Waals surface area contributed by atoms with Gasteiger partial charge < -0.3 is 15.0 Å². The monoisotopic (exact) mass is 198 g/mol. The van der Waals surface area contributed by atoms with Gasteiger partial charge in [-0.25, -0.2) is 0 Å². The van der Waals surface area contributed by atoms with E-state index in [1.165, 1.54) is 6.42 Å². The molecule has 0 amide bonds. The van der Waals surface area contributed by atoms with Crippen molar-refractivity contribution < 1.29 is 4.74 Å². The summed E-state index contributed by atoms with van der Waals surface area (Å²) in [4.78, 5) is 2.21. The SMILES string of the molecule is CN(C)CCCNCC1CCC=CO1. The number of hydrogen-bond acceptors (Lipinski definition) is 3. The van der Waals surface area contributed by atoms with Crippen molar-refractivity contribution in [3.05, 3.63) is 12.3 Å². The molecule has 1 N–H and O–H groups in total. The van der Waals surface area contributed by atoms with E-state index in [0.29, 0.717) is 6.10 Å². The molecule has 1 aliphatic heterocycles. The van der Waals surface area contributed by atoms with E-state index in [9.17, 15) is 0 Å². The molecule has 1 unspecified atom stereocenters. The molecule has 0 saturated heterocycles. The van der Waals surface area contributed by atoms with E-state index in [1.54, 1.807) is 0 Å². The fourth-order valence-corrected chi connectivity index (χ4v) is 1.52. The highest BCUT2D eigenvalue weighted by Gasteiger charge is 2.09. The third kappa shape index (κ3) is 5.25. The maximum Gasteiger partial charge on any atom is 0.110 e. The van der Waals surface area contributed by atoms with Crippen LogP contribution < -0.4 is 5.32 Å². The van der Waals surface area contributed by atoms with Crippen LogP contribution in [0.4, 0.5) is 0 Å². The summed E-state index contributed by atoms with van der Waals surface area (Å²) in [5.41, 5.74) is 0. The molecule has 1 atom stereocenters. The zero-order valence-corrected chi connectivity index (χ0v) is 9.33. The fraction of sp³-hybridized carbons (Fsp3) is 0.818. The van der Waals surface area contributed by atoms with Crippen LogP contribution in [0, 0.1) is 0 Å². The lowest BCUT2D eigenvalue weighted by molar-refractivity contribution is 0.122. The first-order chi connectivity index (χ1) is 6.79. The van der Waals surface area contributed by atoms with Crippen LogP contribution in [0.3, 0.4) is 0 Å². The maximum absolute atomic E-state index is 5.45. The molecule has 1 aliphatic rings. The molecule has 82 valence electrons. The van der Waals surface area contributed by atoms with Gasteiger partial charge in [0.05, 0.1) is 6.26 Å². The summed E-state index contributed by atoms with van der Waals surface area (Å²) in [5.74, 6) is 0. The molecule has 0 aliphatic carbocycles. The van der Waals surface area contributed by atoms with E-state index in [-0.39, 0.29) is 0 Å². The van der Waals surface area contributed by atoms with Crippen LogP contribution in [0.2, 0.25) is 0 Å². The molecule has 1 heterocycles. The Labute approximate surface area is 87.1 Å². The third-order valence-corrected chi connectivity index (χ3v) is 2.35.